The first-order valence-corrected chi connectivity index (χ1v) is 9.40. The second-order valence-electron chi connectivity index (χ2n) is 5.81. The standard InChI is InChI=1S/C22H16ClNOS/c1-25-13-12-16-14-17(23)10-11-18(16)19-8-5-9-20-21(19)24-22(26-20)15-6-3-2-4-7-15/h2-14H,1H3/b13-12+. The van der Waals surface area contributed by atoms with Crippen LogP contribution in [0.15, 0.2) is 73.0 Å². The second kappa shape index (κ2) is 7.32. The van der Waals surface area contributed by atoms with Crippen LogP contribution in [-0.2, 0) is 4.74 Å². The molecule has 3 aromatic carbocycles. The molecule has 0 saturated carbocycles. The highest BCUT2D eigenvalue weighted by Crippen LogP contribution is 2.37. The monoisotopic (exact) mass is 377 g/mol. The summed E-state index contributed by atoms with van der Waals surface area (Å²) < 4.78 is 6.25. The van der Waals surface area contributed by atoms with Crippen LogP contribution in [0, 0.1) is 0 Å². The highest BCUT2D eigenvalue weighted by molar-refractivity contribution is 7.21. The topological polar surface area (TPSA) is 22.1 Å². The van der Waals surface area contributed by atoms with Crippen molar-refractivity contribution in [2.45, 2.75) is 0 Å². The molecule has 2 nitrogen and oxygen atoms in total. The number of hydrogen-bond acceptors (Lipinski definition) is 3. The first-order valence-electron chi connectivity index (χ1n) is 8.20. The van der Waals surface area contributed by atoms with Crippen molar-refractivity contribution in [1.29, 1.82) is 0 Å². The molecule has 0 aliphatic heterocycles. The number of nitrogens with zero attached hydrogens (tertiary/aromatic N) is 1. The van der Waals surface area contributed by atoms with E-state index < -0.39 is 0 Å². The van der Waals surface area contributed by atoms with E-state index in [1.165, 1.54) is 0 Å². The molecule has 0 radical (unpaired) electrons. The summed E-state index contributed by atoms with van der Waals surface area (Å²) in [5.74, 6) is 0. The predicted octanol–water partition coefficient (Wildman–Crippen LogP) is 6.90. The minimum atomic E-state index is 0.694. The molecular weight excluding hydrogens is 362 g/mol. The zero-order valence-corrected chi connectivity index (χ0v) is 15.7. The molecule has 0 atom stereocenters. The van der Waals surface area contributed by atoms with Gasteiger partial charge >= 0.3 is 0 Å². The Morgan fingerprint density at radius 3 is 2.62 bits per heavy atom. The molecule has 0 unspecified atom stereocenters. The van der Waals surface area contributed by atoms with Gasteiger partial charge in [-0.2, -0.15) is 0 Å². The molecule has 0 bridgehead atoms. The molecule has 0 spiro atoms. The van der Waals surface area contributed by atoms with Crippen molar-refractivity contribution < 1.29 is 4.74 Å². The number of hydrogen-bond donors (Lipinski definition) is 0. The first-order chi connectivity index (χ1) is 12.8. The van der Waals surface area contributed by atoms with Crippen LogP contribution in [0.1, 0.15) is 5.56 Å². The molecule has 4 rings (SSSR count). The van der Waals surface area contributed by atoms with Crippen molar-refractivity contribution >= 4 is 39.2 Å². The maximum Gasteiger partial charge on any atom is 0.124 e. The lowest BCUT2D eigenvalue weighted by Gasteiger charge is -2.08. The summed E-state index contributed by atoms with van der Waals surface area (Å²) in [5.41, 5.74) is 5.31. The number of thiazole rings is 1. The Balaban J connectivity index is 1.90. The van der Waals surface area contributed by atoms with Crippen molar-refractivity contribution in [2.24, 2.45) is 0 Å². The molecule has 4 heteroatoms. The normalized spacial score (nSPS) is 11.3. The fraction of sp³-hybridized carbons (Fsp3) is 0.0455. The fourth-order valence-electron chi connectivity index (χ4n) is 2.93. The Labute approximate surface area is 161 Å². The van der Waals surface area contributed by atoms with Crippen LogP contribution in [-0.4, -0.2) is 12.1 Å². The van der Waals surface area contributed by atoms with Crippen LogP contribution in [0.3, 0.4) is 0 Å². The number of fused-ring (bicyclic) bond motifs is 1. The molecule has 0 N–H and O–H groups in total. The van der Waals surface area contributed by atoms with Gasteiger partial charge in [-0.3, -0.25) is 0 Å². The van der Waals surface area contributed by atoms with Gasteiger partial charge < -0.3 is 4.74 Å². The van der Waals surface area contributed by atoms with E-state index in [0.717, 1.165) is 37.5 Å². The van der Waals surface area contributed by atoms with E-state index in [2.05, 4.69) is 30.3 Å². The summed E-state index contributed by atoms with van der Waals surface area (Å²) in [6.45, 7) is 0. The Morgan fingerprint density at radius 2 is 1.81 bits per heavy atom. The summed E-state index contributed by atoms with van der Waals surface area (Å²) >= 11 is 7.90. The van der Waals surface area contributed by atoms with Gasteiger partial charge in [0.1, 0.15) is 5.01 Å². The minimum absolute atomic E-state index is 0.694. The van der Waals surface area contributed by atoms with Crippen LogP contribution in [0.2, 0.25) is 5.02 Å². The van der Waals surface area contributed by atoms with Crippen molar-refractivity contribution in [3.63, 3.8) is 0 Å². The summed E-state index contributed by atoms with van der Waals surface area (Å²) in [5, 5.41) is 1.72. The van der Waals surface area contributed by atoms with E-state index in [4.69, 9.17) is 21.3 Å². The second-order valence-corrected chi connectivity index (χ2v) is 7.27. The molecule has 0 aliphatic carbocycles. The summed E-state index contributed by atoms with van der Waals surface area (Å²) in [4.78, 5) is 4.93. The van der Waals surface area contributed by atoms with Crippen LogP contribution >= 0.6 is 22.9 Å². The van der Waals surface area contributed by atoms with Crippen molar-refractivity contribution in [3.05, 3.63) is 83.6 Å². The molecule has 0 aliphatic rings. The Kier molecular flexibility index (Phi) is 4.74. The van der Waals surface area contributed by atoms with E-state index in [9.17, 15) is 0 Å². The molecular formula is C22H16ClNOS. The van der Waals surface area contributed by atoms with Gasteiger partial charge in [-0.15, -0.1) is 11.3 Å². The highest BCUT2D eigenvalue weighted by Gasteiger charge is 2.13. The lowest BCUT2D eigenvalue weighted by atomic mass is 9.99. The van der Waals surface area contributed by atoms with Gasteiger partial charge in [0.15, 0.2) is 0 Å². The van der Waals surface area contributed by atoms with Crippen LogP contribution in [0.4, 0.5) is 0 Å². The molecule has 128 valence electrons. The van der Waals surface area contributed by atoms with Gasteiger partial charge in [-0.1, -0.05) is 60.1 Å². The zero-order chi connectivity index (χ0) is 17.9. The number of halogens is 1. The van der Waals surface area contributed by atoms with Gasteiger partial charge in [0, 0.05) is 16.1 Å². The smallest absolute Gasteiger partial charge is 0.124 e. The number of rotatable bonds is 4. The Morgan fingerprint density at radius 1 is 0.962 bits per heavy atom. The highest BCUT2D eigenvalue weighted by atomic mass is 35.5. The molecule has 0 amide bonds. The average Bonchev–Trinajstić information content (AvgIpc) is 3.12. The SMILES string of the molecule is CO/C=C/c1cc(Cl)ccc1-c1cccc2sc(-c3ccccc3)nc12. The molecule has 4 aromatic rings. The summed E-state index contributed by atoms with van der Waals surface area (Å²) in [6, 6.07) is 22.4. The first kappa shape index (κ1) is 16.8. The summed E-state index contributed by atoms with van der Waals surface area (Å²) in [6.07, 6.45) is 3.58. The maximum absolute atomic E-state index is 6.20. The number of benzene rings is 3. The number of aromatic nitrogens is 1. The predicted molar refractivity (Wildman–Crippen MR) is 112 cm³/mol. The van der Waals surface area contributed by atoms with Crippen LogP contribution in [0.25, 0.3) is 38.0 Å². The van der Waals surface area contributed by atoms with Gasteiger partial charge in [-0.25, -0.2) is 4.98 Å². The van der Waals surface area contributed by atoms with Crippen LogP contribution in [0.5, 0.6) is 0 Å². The van der Waals surface area contributed by atoms with Gasteiger partial charge in [-0.05, 0) is 35.4 Å². The number of ether oxygens (including phenoxy) is 1. The van der Waals surface area contributed by atoms with Gasteiger partial charge in [0.25, 0.3) is 0 Å². The molecule has 0 saturated heterocycles. The zero-order valence-electron chi connectivity index (χ0n) is 14.1. The molecule has 1 heterocycles. The Hall–Kier alpha value is -2.62. The summed E-state index contributed by atoms with van der Waals surface area (Å²) in [7, 11) is 1.63. The van der Waals surface area contributed by atoms with Crippen molar-refractivity contribution in [3.8, 4) is 21.7 Å². The van der Waals surface area contributed by atoms with E-state index >= 15 is 0 Å². The molecule has 1 aromatic heterocycles. The van der Waals surface area contributed by atoms with Crippen molar-refractivity contribution in [1.82, 2.24) is 4.98 Å². The average molecular weight is 378 g/mol. The molecule has 26 heavy (non-hydrogen) atoms. The minimum Gasteiger partial charge on any atom is -0.504 e. The lowest BCUT2D eigenvalue weighted by Crippen LogP contribution is -1.86. The maximum atomic E-state index is 6.20. The largest absolute Gasteiger partial charge is 0.504 e. The number of methoxy groups -OCH3 is 1. The van der Waals surface area contributed by atoms with E-state index in [0.29, 0.717) is 5.02 Å². The third kappa shape index (κ3) is 3.24. The fourth-order valence-corrected chi connectivity index (χ4v) is 4.11. The van der Waals surface area contributed by atoms with Crippen LogP contribution < -0.4 is 0 Å². The lowest BCUT2D eigenvalue weighted by molar-refractivity contribution is 0.341. The van der Waals surface area contributed by atoms with Gasteiger partial charge in [0.05, 0.1) is 23.6 Å². The quantitative estimate of drug-likeness (QED) is 0.361. The van der Waals surface area contributed by atoms with Gasteiger partial charge in [0.2, 0.25) is 0 Å². The van der Waals surface area contributed by atoms with E-state index in [1.807, 2.05) is 42.5 Å². The Bertz CT molecular complexity index is 1090. The van der Waals surface area contributed by atoms with E-state index in [1.54, 1.807) is 24.7 Å². The third-order valence-electron chi connectivity index (χ3n) is 4.13. The molecule has 0 fully saturated rings. The third-order valence-corrected chi connectivity index (χ3v) is 5.43. The van der Waals surface area contributed by atoms with E-state index in [-0.39, 0.29) is 0 Å². The van der Waals surface area contributed by atoms with Crippen molar-refractivity contribution in [2.75, 3.05) is 7.11 Å². The number of para-hydroxylation sites is 1.